The second-order valence-electron chi connectivity index (χ2n) is 7.77. The molecule has 3 rings (SSSR count). The molecular weight excluding hydrogens is 478 g/mol. The van der Waals surface area contributed by atoms with Crippen LogP contribution in [0.3, 0.4) is 0 Å². The topological polar surface area (TPSA) is 144 Å². The molecule has 0 unspecified atom stereocenters. The van der Waals surface area contributed by atoms with Gasteiger partial charge in [-0.15, -0.1) is 0 Å². The van der Waals surface area contributed by atoms with Gasteiger partial charge in [0.05, 0.1) is 43.4 Å². The van der Waals surface area contributed by atoms with Crippen molar-refractivity contribution in [1.29, 1.82) is 0 Å². The quantitative estimate of drug-likeness (QED) is 0.308. The molecule has 1 aliphatic heterocycles. The number of nitrogens with one attached hydrogen (secondary N) is 1. The van der Waals surface area contributed by atoms with Crippen LogP contribution < -0.4 is 19.4 Å². The Labute approximate surface area is 203 Å². The highest BCUT2D eigenvalue weighted by atomic mass is 32.2. The smallest absolute Gasteiger partial charge is 0.270 e. The lowest BCUT2D eigenvalue weighted by Gasteiger charge is -2.30. The first-order chi connectivity index (χ1) is 16.6. The van der Waals surface area contributed by atoms with E-state index in [0.717, 1.165) is 10.6 Å². The summed E-state index contributed by atoms with van der Waals surface area (Å²) in [7, 11) is -2.32. The van der Waals surface area contributed by atoms with Crippen molar-refractivity contribution in [3.8, 4) is 5.75 Å². The molecule has 188 valence electrons. The lowest BCUT2D eigenvalue weighted by Crippen LogP contribution is -2.46. The van der Waals surface area contributed by atoms with E-state index in [1.807, 2.05) is 4.90 Å². The summed E-state index contributed by atoms with van der Waals surface area (Å²) in [5.41, 5.74) is 3.65. The molecule has 13 heteroatoms. The van der Waals surface area contributed by atoms with Crippen molar-refractivity contribution in [1.82, 2.24) is 5.43 Å². The molecule has 0 aliphatic carbocycles. The number of nitrogens with zero attached hydrogens (tertiary/aromatic N) is 4. The molecule has 1 aliphatic rings. The van der Waals surface area contributed by atoms with Crippen LogP contribution in [-0.4, -0.2) is 71.2 Å². The van der Waals surface area contributed by atoms with Gasteiger partial charge < -0.3 is 14.4 Å². The number of carbonyl (C=O) groups excluding carboxylic acids is 1. The number of non-ortho nitro benzene ring substituents is 1. The molecule has 2 aromatic carbocycles. The van der Waals surface area contributed by atoms with Crippen molar-refractivity contribution >= 4 is 39.2 Å². The third-order valence-electron chi connectivity index (χ3n) is 5.37. The van der Waals surface area contributed by atoms with Crippen LogP contribution in [0.15, 0.2) is 47.6 Å². The number of hydrazone groups is 1. The predicted molar refractivity (Wildman–Crippen MR) is 132 cm³/mol. The number of nitro groups is 1. The minimum Gasteiger partial charge on any atom is -0.497 e. The van der Waals surface area contributed by atoms with Crippen molar-refractivity contribution in [3.05, 3.63) is 58.1 Å². The normalized spacial score (nSPS) is 15.0. The van der Waals surface area contributed by atoms with Gasteiger partial charge in [0.25, 0.3) is 11.6 Å². The maximum absolute atomic E-state index is 12.8. The maximum atomic E-state index is 12.8. The lowest BCUT2D eigenvalue weighted by molar-refractivity contribution is -0.384. The highest BCUT2D eigenvalue weighted by molar-refractivity contribution is 7.92. The van der Waals surface area contributed by atoms with Gasteiger partial charge in [-0.3, -0.25) is 19.2 Å². The average Bonchev–Trinajstić information content (AvgIpc) is 2.84. The number of benzene rings is 2. The van der Waals surface area contributed by atoms with Crippen LogP contribution in [0.25, 0.3) is 0 Å². The van der Waals surface area contributed by atoms with Gasteiger partial charge in [-0.2, -0.15) is 5.10 Å². The number of methoxy groups -OCH3 is 1. The number of anilines is 2. The van der Waals surface area contributed by atoms with Crippen molar-refractivity contribution in [2.24, 2.45) is 5.10 Å². The minimum absolute atomic E-state index is 0.120. The molecule has 35 heavy (non-hydrogen) atoms. The van der Waals surface area contributed by atoms with E-state index < -0.39 is 26.9 Å². The Morgan fingerprint density at radius 3 is 2.49 bits per heavy atom. The molecule has 0 aromatic heterocycles. The maximum Gasteiger partial charge on any atom is 0.270 e. The SMILES string of the molecule is COc1ccc(N([C@H](C)C(=O)N/N=C\c2cc([N+](=O)[O-])ccc2N2CCOCC2)S(C)(=O)=O)cc1. The van der Waals surface area contributed by atoms with Gasteiger partial charge in [0.15, 0.2) is 0 Å². The monoisotopic (exact) mass is 505 g/mol. The molecule has 1 fully saturated rings. The third-order valence-corrected chi connectivity index (χ3v) is 6.61. The molecule has 1 saturated heterocycles. The van der Waals surface area contributed by atoms with Crippen molar-refractivity contribution in [2.75, 3.05) is 48.9 Å². The van der Waals surface area contributed by atoms with Crippen LogP contribution >= 0.6 is 0 Å². The molecular formula is C22H27N5O7S. The van der Waals surface area contributed by atoms with E-state index in [-0.39, 0.29) is 11.4 Å². The van der Waals surface area contributed by atoms with Gasteiger partial charge in [0, 0.05) is 36.5 Å². The number of amides is 1. The summed E-state index contributed by atoms with van der Waals surface area (Å²) in [6, 6.07) is 9.52. The zero-order valence-electron chi connectivity index (χ0n) is 19.6. The highest BCUT2D eigenvalue weighted by Gasteiger charge is 2.29. The largest absolute Gasteiger partial charge is 0.497 e. The van der Waals surface area contributed by atoms with E-state index >= 15 is 0 Å². The van der Waals surface area contributed by atoms with Crippen molar-refractivity contribution in [3.63, 3.8) is 0 Å². The lowest BCUT2D eigenvalue weighted by atomic mass is 10.1. The number of rotatable bonds is 9. The third kappa shape index (κ3) is 6.45. The van der Waals surface area contributed by atoms with Gasteiger partial charge in [0.1, 0.15) is 11.8 Å². The zero-order chi connectivity index (χ0) is 25.6. The molecule has 0 radical (unpaired) electrons. The number of sulfonamides is 1. The van der Waals surface area contributed by atoms with E-state index in [1.165, 1.54) is 44.5 Å². The molecule has 1 atom stereocenters. The van der Waals surface area contributed by atoms with Crippen LogP contribution in [0.1, 0.15) is 12.5 Å². The molecule has 1 amide bonds. The molecule has 1 heterocycles. The van der Waals surface area contributed by atoms with Crippen LogP contribution in [0.2, 0.25) is 0 Å². The minimum atomic E-state index is -3.81. The van der Waals surface area contributed by atoms with Crippen LogP contribution in [0, 0.1) is 10.1 Å². The fourth-order valence-electron chi connectivity index (χ4n) is 3.65. The fraction of sp³-hybridized carbons (Fsp3) is 0.364. The van der Waals surface area contributed by atoms with Gasteiger partial charge in [-0.05, 0) is 37.3 Å². The predicted octanol–water partition coefficient (Wildman–Crippen LogP) is 1.74. The van der Waals surface area contributed by atoms with Gasteiger partial charge >= 0.3 is 0 Å². The number of carbonyl (C=O) groups is 1. The number of morpholine rings is 1. The summed E-state index contributed by atoms with van der Waals surface area (Å²) in [6.45, 7) is 3.69. The standard InChI is InChI=1S/C22H27N5O7S/c1-16(26(35(3,31)32)18-4-7-20(33-2)8-5-18)22(28)24-23-15-17-14-19(27(29)30)6-9-21(17)25-10-12-34-13-11-25/h4-9,14-16H,10-13H2,1-3H3,(H,24,28)/b23-15-/t16-/m1/s1. The van der Waals surface area contributed by atoms with Crippen LogP contribution in [0.5, 0.6) is 5.75 Å². The Kier molecular flexibility index (Phi) is 8.25. The van der Waals surface area contributed by atoms with Gasteiger partial charge in [-0.1, -0.05) is 0 Å². The van der Waals surface area contributed by atoms with Gasteiger partial charge in [-0.25, -0.2) is 13.8 Å². The number of hydrogen-bond donors (Lipinski definition) is 1. The van der Waals surface area contributed by atoms with Crippen LogP contribution in [-0.2, 0) is 19.6 Å². The second kappa shape index (κ2) is 11.1. The Balaban J connectivity index is 1.81. The van der Waals surface area contributed by atoms with E-state index in [0.29, 0.717) is 43.3 Å². The Hall–Kier alpha value is -3.71. The summed E-state index contributed by atoms with van der Waals surface area (Å²) >= 11 is 0. The number of hydrogen-bond acceptors (Lipinski definition) is 9. The second-order valence-corrected chi connectivity index (χ2v) is 9.63. The summed E-state index contributed by atoms with van der Waals surface area (Å²) in [5, 5.41) is 15.2. The molecule has 0 saturated carbocycles. The van der Waals surface area contributed by atoms with E-state index in [1.54, 1.807) is 18.2 Å². The molecule has 2 aromatic rings. The van der Waals surface area contributed by atoms with E-state index in [9.17, 15) is 23.3 Å². The fourth-order valence-corrected chi connectivity index (χ4v) is 4.82. The van der Waals surface area contributed by atoms with Crippen LogP contribution in [0.4, 0.5) is 17.1 Å². The van der Waals surface area contributed by atoms with Crippen molar-refractivity contribution < 1.29 is 27.6 Å². The molecule has 0 spiro atoms. The van der Waals surface area contributed by atoms with E-state index in [2.05, 4.69) is 10.5 Å². The first kappa shape index (κ1) is 25.9. The number of nitro benzene ring substituents is 1. The molecule has 1 N–H and O–H groups in total. The zero-order valence-corrected chi connectivity index (χ0v) is 20.4. The molecule has 12 nitrogen and oxygen atoms in total. The molecule has 0 bridgehead atoms. The summed E-state index contributed by atoms with van der Waals surface area (Å²) in [4.78, 5) is 25.5. The number of ether oxygens (including phenoxy) is 2. The van der Waals surface area contributed by atoms with Crippen molar-refractivity contribution in [2.45, 2.75) is 13.0 Å². The Bertz CT molecular complexity index is 1200. The summed E-state index contributed by atoms with van der Waals surface area (Å²) in [5.74, 6) is -0.141. The Morgan fingerprint density at radius 1 is 1.26 bits per heavy atom. The Morgan fingerprint density at radius 2 is 1.91 bits per heavy atom. The first-order valence-corrected chi connectivity index (χ1v) is 12.5. The first-order valence-electron chi connectivity index (χ1n) is 10.7. The average molecular weight is 506 g/mol. The van der Waals surface area contributed by atoms with Gasteiger partial charge in [0.2, 0.25) is 10.0 Å². The summed E-state index contributed by atoms with van der Waals surface area (Å²) < 4.78 is 36.3. The summed E-state index contributed by atoms with van der Waals surface area (Å²) in [6.07, 6.45) is 2.31. The highest BCUT2D eigenvalue weighted by Crippen LogP contribution is 2.26. The van der Waals surface area contributed by atoms with E-state index in [4.69, 9.17) is 9.47 Å².